The molecule has 0 bridgehead atoms. The Morgan fingerprint density at radius 2 is 2.22 bits per heavy atom. The maximum absolute atomic E-state index is 11.9. The van der Waals surface area contributed by atoms with Crippen LogP contribution >= 0.6 is 0 Å². The van der Waals surface area contributed by atoms with Crippen molar-refractivity contribution in [1.82, 2.24) is 5.16 Å². The summed E-state index contributed by atoms with van der Waals surface area (Å²) >= 11 is 0. The molecule has 0 aliphatic carbocycles. The van der Waals surface area contributed by atoms with E-state index in [-0.39, 0.29) is 11.6 Å². The molecule has 1 amide bonds. The van der Waals surface area contributed by atoms with Gasteiger partial charge in [0.05, 0.1) is 12.8 Å². The molecule has 18 heavy (non-hydrogen) atoms. The molecular weight excluding hydrogens is 234 g/mol. The van der Waals surface area contributed by atoms with E-state index in [1.165, 1.54) is 7.11 Å². The van der Waals surface area contributed by atoms with Crippen molar-refractivity contribution < 1.29 is 14.1 Å². The lowest BCUT2D eigenvalue weighted by molar-refractivity contribution is 0.101. The maximum atomic E-state index is 11.9. The molecule has 0 atom stereocenters. The molecule has 0 fully saturated rings. The number of ether oxygens (including phenoxy) is 1. The van der Waals surface area contributed by atoms with Gasteiger partial charge >= 0.3 is 0 Å². The predicted molar refractivity (Wildman–Crippen MR) is 66.6 cm³/mol. The molecule has 1 aromatic carbocycles. The van der Waals surface area contributed by atoms with Gasteiger partial charge in [0.1, 0.15) is 11.5 Å². The fraction of sp³-hybridized carbons (Fsp3) is 0.167. The highest BCUT2D eigenvalue weighted by Crippen LogP contribution is 2.26. The van der Waals surface area contributed by atoms with Gasteiger partial charge in [-0.3, -0.25) is 4.79 Å². The van der Waals surface area contributed by atoms with Crippen LogP contribution in [0.15, 0.2) is 28.8 Å². The van der Waals surface area contributed by atoms with E-state index in [0.717, 1.165) is 0 Å². The summed E-state index contributed by atoms with van der Waals surface area (Å²) in [7, 11) is 1.52. The summed E-state index contributed by atoms with van der Waals surface area (Å²) in [6, 6.07) is 6.53. The van der Waals surface area contributed by atoms with Crippen LogP contribution in [0.2, 0.25) is 0 Å². The smallest absolute Gasteiger partial charge is 0.277 e. The SMILES string of the molecule is COc1ccc(N)cc1NC(=O)c1cc(C)on1. The van der Waals surface area contributed by atoms with Crippen molar-refractivity contribution >= 4 is 17.3 Å². The van der Waals surface area contributed by atoms with Gasteiger partial charge in [0.25, 0.3) is 5.91 Å². The average molecular weight is 247 g/mol. The van der Waals surface area contributed by atoms with Crippen LogP contribution in [0, 0.1) is 6.92 Å². The Morgan fingerprint density at radius 3 is 2.83 bits per heavy atom. The lowest BCUT2D eigenvalue weighted by Gasteiger charge is -2.09. The first kappa shape index (κ1) is 12.0. The van der Waals surface area contributed by atoms with Crippen LogP contribution in [0.5, 0.6) is 5.75 Å². The number of benzene rings is 1. The monoisotopic (exact) mass is 247 g/mol. The lowest BCUT2D eigenvalue weighted by Crippen LogP contribution is -2.13. The van der Waals surface area contributed by atoms with Gasteiger partial charge in [-0.25, -0.2) is 0 Å². The molecule has 2 aromatic rings. The summed E-state index contributed by atoms with van der Waals surface area (Å²) in [5, 5.41) is 6.30. The van der Waals surface area contributed by atoms with Crippen LogP contribution < -0.4 is 15.8 Å². The minimum Gasteiger partial charge on any atom is -0.495 e. The van der Waals surface area contributed by atoms with Crippen LogP contribution in [0.25, 0.3) is 0 Å². The Labute approximate surface area is 104 Å². The van der Waals surface area contributed by atoms with E-state index < -0.39 is 0 Å². The molecule has 0 aliphatic heterocycles. The number of anilines is 2. The van der Waals surface area contributed by atoms with Crippen LogP contribution in [-0.4, -0.2) is 18.2 Å². The number of aryl methyl sites for hydroxylation is 1. The number of rotatable bonds is 3. The Bertz CT molecular complexity index is 578. The van der Waals surface area contributed by atoms with Crippen LogP contribution in [0.1, 0.15) is 16.2 Å². The summed E-state index contributed by atoms with van der Waals surface area (Å²) in [5.74, 6) is 0.716. The standard InChI is InChI=1S/C12H13N3O3/c1-7-5-10(15-18-7)12(16)14-9-6-8(13)3-4-11(9)17-2/h3-6H,13H2,1-2H3,(H,14,16). The van der Waals surface area contributed by atoms with Crippen molar-refractivity contribution in [2.75, 3.05) is 18.2 Å². The van der Waals surface area contributed by atoms with Gasteiger partial charge in [0.15, 0.2) is 5.69 Å². The first-order valence-corrected chi connectivity index (χ1v) is 5.28. The molecule has 3 N–H and O–H groups in total. The molecule has 0 saturated carbocycles. The highest BCUT2D eigenvalue weighted by atomic mass is 16.5. The first-order chi connectivity index (χ1) is 8.60. The molecule has 2 rings (SSSR count). The zero-order valence-electron chi connectivity index (χ0n) is 10.1. The number of nitrogens with one attached hydrogen (secondary N) is 1. The van der Waals surface area contributed by atoms with Crippen LogP contribution in [0.4, 0.5) is 11.4 Å². The molecule has 1 heterocycles. The fourth-order valence-electron chi connectivity index (χ4n) is 1.48. The number of amides is 1. The highest BCUT2D eigenvalue weighted by Gasteiger charge is 2.13. The Balaban J connectivity index is 2.23. The third kappa shape index (κ3) is 2.42. The number of hydrogen-bond acceptors (Lipinski definition) is 5. The molecular formula is C12H13N3O3. The summed E-state index contributed by atoms with van der Waals surface area (Å²) in [4.78, 5) is 11.9. The van der Waals surface area contributed by atoms with Gasteiger partial charge in [-0.05, 0) is 25.1 Å². The van der Waals surface area contributed by atoms with Crippen molar-refractivity contribution in [3.63, 3.8) is 0 Å². The topological polar surface area (TPSA) is 90.4 Å². The van der Waals surface area contributed by atoms with Gasteiger partial charge in [-0.15, -0.1) is 0 Å². The van der Waals surface area contributed by atoms with Crippen LogP contribution in [0.3, 0.4) is 0 Å². The number of nitrogens with zero attached hydrogens (tertiary/aromatic N) is 1. The second-order valence-corrected chi connectivity index (χ2v) is 3.74. The number of aromatic nitrogens is 1. The first-order valence-electron chi connectivity index (χ1n) is 5.28. The number of hydrogen-bond donors (Lipinski definition) is 2. The molecule has 94 valence electrons. The minimum atomic E-state index is -0.379. The number of methoxy groups -OCH3 is 1. The average Bonchev–Trinajstić information content (AvgIpc) is 2.76. The Kier molecular flexibility index (Phi) is 3.18. The number of carbonyl (C=O) groups excluding carboxylic acids is 1. The third-order valence-corrected chi connectivity index (χ3v) is 2.33. The maximum Gasteiger partial charge on any atom is 0.277 e. The van der Waals surface area contributed by atoms with Crippen molar-refractivity contribution in [2.45, 2.75) is 6.92 Å². The lowest BCUT2D eigenvalue weighted by atomic mass is 10.2. The van der Waals surface area contributed by atoms with Crippen molar-refractivity contribution in [3.8, 4) is 5.75 Å². The number of nitrogen functional groups attached to an aromatic ring is 1. The second-order valence-electron chi connectivity index (χ2n) is 3.74. The van der Waals surface area contributed by atoms with E-state index in [9.17, 15) is 4.79 Å². The van der Waals surface area contributed by atoms with Crippen LogP contribution in [-0.2, 0) is 0 Å². The van der Waals surface area contributed by atoms with E-state index in [2.05, 4.69) is 10.5 Å². The Hall–Kier alpha value is -2.50. The summed E-state index contributed by atoms with van der Waals surface area (Å²) < 4.78 is 9.97. The van der Waals surface area contributed by atoms with Gasteiger partial charge < -0.3 is 20.3 Å². The molecule has 0 saturated heterocycles. The summed E-state index contributed by atoms with van der Waals surface area (Å²) in [6.07, 6.45) is 0. The number of nitrogens with two attached hydrogens (primary N) is 1. The summed E-state index contributed by atoms with van der Waals surface area (Å²) in [5.41, 5.74) is 6.88. The van der Waals surface area contributed by atoms with E-state index in [1.54, 1.807) is 31.2 Å². The van der Waals surface area contributed by atoms with Crippen molar-refractivity contribution in [2.24, 2.45) is 0 Å². The van der Waals surface area contributed by atoms with Crippen molar-refractivity contribution in [1.29, 1.82) is 0 Å². The molecule has 6 nitrogen and oxygen atoms in total. The van der Waals surface area contributed by atoms with E-state index in [0.29, 0.717) is 22.9 Å². The molecule has 0 aliphatic rings. The largest absolute Gasteiger partial charge is 0.495 e. The summed E-state index contributed by atoms with van der Waals surface area (Å²) in [6.45, 7) is 1.71. The highest BCUT2D eigenvalue weighted by molar-refractivity contribution is 6.03. The molecule has 0 unspecified atom stereocenters. The molecule has 0 radical (unpaired) electrons. The molecule has 1 aromatic heterocycles. The van der Waals surface area contributed by atoms with Gasteiger partial charge in [0, 0.05) is 11.8 Å². The van der Waals surface area contributed by atoms with E-state index in [1.807, 2.05) is 0 Å². The van der Waals surface area contributed by atoms with E-state index >= 15 is 0 Å². The number of carbonyl (C=O) groups is 1. The van der Waals surface area contributed by atoms with Gasteiger partial charge in [0.2, 0.25) is 0 Å². The zero-order chi connectivity index (χ0) is 13.1. The fourth-order valence-corrected chi connectivity index (χ4v) is 1.48. The normalized spacial score (nSPS) is 10.1. The second kappa shape index (κ2) is 4.79. The minimum absolute atomic E-state index is 0.206. The van der Waals surface area contributed by atoms with E-state index in [4.69, 9.17) is 15.0 Å². The quantitative estimate of drug-likeness (QED) is 0.807. The zero-order valence-corrected chi connectivity index (χ0v) is 10.1. The van der Waals surface area contributed by atoms with Gasteiger partial charge in [-0.2, -0.15) is 0 Å². The molecule has 0 spiro atoms. The van der Waals surface area contributed by atoms with Gasteiger partial charge in [-0.1, -0.05) is 5.16 Å². The predicted octanol–water partition coefficient (Wildman–Crippen LogP) is 1.83. The van der Waals surface area contributed by atoms with Crippen molar-refractivity contribution in [3.05, 3.63) is 35.7 Å². The Morgan fingerprint density at radius 1 is 1.44 bits per heavy atom. The third-order valence-electron chi connectivity index (χ3n) is 2.33. The molecule has 6 heteroatoms.